The van der Waals surface area contributed by atoms with Crippen LogP contribution in [0.15, 0.2) is 54.6 Å². The number of carboxylic acid groups (broad SMARTS) is 1. The monoisotopic (exact) mass is 507 g/mol. The van der Waals surface area contributed by atoms with E-state index in [1.54, 1.807) is 19.9 Å². The zero-order valence-corrected chi connectivity index (χ0v) is 20.8. The number of halogens is 3. The molecule has 3 atom stereocenters. The Hall–Kier alpha value is -3.79. The Labute approximate surface area is 213 Å². The lowest BCUT2D eigenvalue weighted by atomic mass is 9.85. The Bertz CT molecular complexity index is 1400. The number of carbonyl (C=O) groups is 2. The molecule has 4 nitrogen and oxygen atoms in total. The molecule has 1 fully saturated rings. The van der Waals surface area contributed by atoms with E-state index in [1.165, 1.54) is 12.1 Å². The van der Waals surface area contributed by atoms with Crippen LogP contribution < -0.4 is 5.32 Å². The topological polar surface area (TPSA) is 66.4 Å². The van der Waals surface area contributed by atoms with E-state index < -0.39 is 35.1 Å². The van der Waals surface area contributed by atoms with Crippen molar-refractivity contribution in [3.63, 3.8) is 0 Å². The number of aliphatic carboxylic acids is 1. The molecule has 0 bridgehead atoms. The first-order valence-corrected chi connectivity index (χ1v) is 12.0. The highest BCUT2D eigenvalue weighted by Crippen LogP contribution is 2.52. The minimum atomic E-state index is -4.38. The standard InChI is InChI=1S/C30H28F3NO3/c1-5-29(3,4)26(28(36)37)34-27(35)22-13-10-19-9-6-17(2)14-23(19)25(22)24-16-20(24)15-18-7-11-21(12-8-18)30(31,32)33/h1,6-14,20,24,26H,15-16H2,2-4H3,(H,34,35)(H,36,37). The lowest BCUT2D eigenvalue weighted by Gasteiger charge is -2.27. The van der Waals surface area contributed by atoms with Crippen LogP contribution in [0.5, 0.6) is 0 Å². The van der Waals surface area contributed by atoms with Crippen molar-refractivity contribution in [2.75, 3.05) is 0 Å². The van der Waals surface area contributed by atoms with Crippen LogP contribution in [0.4, 0.5) is 13.2 Å². The summed E-state index contributed by atoms with van der Waals surface area (Å²) >= 11 is 0. The molecule has 0 aliphatic heterocycles. The molecule has 192 valence electrons. The maximum atomic E-state index is 13.5. The van der Waals surface area contributed by atoms with Crippen molar-refractivity contribution in [2.45, 2.75) is 51.7 Å². The van der Waals surface area contributed by atoms with Gasteiger partial charge in [0.25, 0.3) is 5.91 Å². The maximum Gasteiger partial charge on any atom is 0.416 e. The van der Waals surface area contributed by atoms with E-state index in [9.17, 15) is 27.9 Å². The second-order valence-electron chi connectivity index (χ2n) is 10.4. The second-order valence-corrected chi connectivity index (χ2v) is 10.4. The van der Waals surface area contributed by atoms with Crippen molar-refractivity contribution in [2.24, 2.45) is 11.3 Å². The summed E-state index contributed by atoms with van der Waals surface area (Å²) in [4.78, 5) is 25.4. The van der Waals surface area contributed by atoms with Crippen LogP contribution in [0.3, 0.4) is 0 Å². The molecule has 4 rings (SSSR count). The molecule has 37 heavy (non-hydrogen) atoms. The first-order chi connectivity index (χ1) is 17.3. The Morgan fingerprint density at radius 1 is 1.11 bits per heavy atom. The van der Waals surface area contributed by atoms with Crippen molar-refractivity contribution in [1.82, 2.24) is 5.32 Å². The maximum absolute atomic E-state index is 13.5. The lowest BCUT2D eigenvalue weighted by molar-refractivity contribution is -0.141. The Kier molecular flexibility index (Phi) is 6.81. The molecule has 1 amide bonds. The number of hydrogen-bond acceptors (Lipinski definition) is 2. The van der Waals surface area contributed by atoms with Crippen molar-refractivity contribution < 1.29 is 27.9 Å². The predicted molar refractivity (Wildman–Crippen MR) is 136 cm³/mol. The van der Waals surface area contributed by atoms with E-state index in [-0.39, 0.29) is 11.8 Å². The van der Waals surface area contributed by atoms with Gasteiger partial charge >= 0.3 is 12.1 Å². The SMILES string of the molecule is C#CC(C)(C)C(NC(=O)c1ccc2ccc(C)cc2c1C1CC1Cc1ccc(C(F)(F)F)cc1)C(=O)O. The summed E-state index contributed by atoms with van der Waals surface area (Å²) < 4.78 is 38.8. The molecular weight excluding hydrogens is 479 g/mol. The number of alkyl halides is 3. The molecule has 3 aromatic carbocycles. The molecule has 3 unspecified atom stereocenters. The van der Waals surface area contributed by atoms with Crippen LogP contribution in [-0.2, 0) is 17.4 Å². The summed E-state index contributed by atoms with van der Waals surface area (Å²) in [6, 6.07) is 13.4. The third-order valence-electron chi connectivity index (χ3n) is 7.15. The van der Waals surface area contributed by atoms with Crippen LogP contribution in [0, 0.1) is 30.6 Å². The fraction of sp³-hybridized carbons (Fsp3) is 0.333. The molecule has 0 saturated heterocycles. The van der Waals surface area contributed by atoms with E-state index >= 15 is 0 Å². The summed E-state index contributed by atoms with van der Waals surface area (Å²) in [7, 11) is 0. The van der Waals surface area contributed by atoms with Gasteiger partial charge in [0.1, 0.15) is 6.04 Å². The fourth-order valence-electron chi connectivity index (χ4n) is 4.86. The van der Waals surface area contributed by atoms with Gasteiger partial charge < -0.3 is 10.4 Å². The predicted octanol–water partition coefficient (Wildman–Crippen LogP) is 6.36. The van der Waals surface area contributed by atoms with E-state index in [0.717, 1.165) is 46.0 Å². The molecule has 0 heterocycles. The molecule has 3 aromatic rings. The average Bonchev–Trinajstić information content (AvgIpc) is 3.59. The van der Waals surface area contributed by atoms with Crippen molar-refractivity contribution >= 4 is 22.6 Å². The number of nitrogens with one attached hydrogen (secondary N) is 1. The number of aryl methyl sites for hydroxylation is 1. The van der Waals surface area contributed by atoms with Gasteiger partial charge in [0.05, 0.1) is 11.0 Å². The molecule has 0 spiro atoms. The van der Waals surface area contributed by atoms with Gasteiger partial charge in [-0.25, -0.2) is 4.79 Å². The molecule has 1 aliphatic rings. The molecule has 2 N–H and O–H groups in total. The van der Waals surface area contributed by atoms with E-state index in [0.29, 0.717) is 12.0 Å². The molecular formula is C30H28F3NO3. The van der Waals surface area contributed by atoms with Gasteiger partial charge in [-0.05, 0) is 85.5 Å². The first-order valence-electron chi connectivity index (χ1n) is 12.0. The summed E-state index contributed by atoms with van der Waals surface area (Å²) in [5, 5.41) is 14.2. The molecule has 1 aliphatic carbocycles. The van der Waals surface area contributed by atoms with Gasteiger partial charge in [-0.1, -0.05) is 47.9 Å². The van der Waals surface area contributed by atoms with Crippen molar-refractivity contribution in [3.05, 3.63) is 82.4 Å². The van der Waals surface area contributed by atoms with E-state index in [1.807, 2.05) is 31.2 Å². The highest BCUT2D eigenvalue weighted by molar-refractivity contribution is 6.03. The van der Waals surface area contributed by atoms with Crippen molar-refractivity contribution in [3.8, 4) is 12.3 Å². The molecule has 0 aromatic heterocycles. The summed E-state index contributed by atoms with van der Waals surface area (Å²) in [6.07, 6.45) is 2.50. The van der Waals surface area contributed by atoms with Crippen molar-refractivity contribution in [1.29, 1.82) is 0 Å². The minimum Gasteiger partial charge on any atom is -0.480 e. The Morgan fingerprint density at radius 3 is 2.35 bits per heavy atom. The summed E-state index contributed by atoms with van der Waals surface area (Å²) in [6.45, 7) is 5.12. The zero-order chi connectivity index (χ0) is 27.1. The van der Waals surface area contributed by atoms with Gasteiger partial charge in [-0.15, -0.1) is 6.42 Å². The van der Waals surface area contributed by atoms with E-state index in [2.05, 4.69) is 11.2 Å². The lowest BCUT2D eigenvalue weighted by Crippen LogP contribution is -2.49. The first kappa shape index (κ1) is 26.3. The van der Waals surface area contributed by atoms with Gasteiger partial charge in [0, 0.05) is 5.56 Å². The number of carbonyl (C=O) groups excluding carboxylic acids is 1. The number of terminal acetylenes is 1. The Balaban J connectivity index is 1.67. The molecule has 0 radical (unpaired) electrons. The van der Waals surface area contributed by atoms with Gasteiger partial charge in [-0.3, -0.25) is 4.79 Å². The van der Waals surface area contributed by atoms with Crippen LogP contribution in [0.25, 0.3) is 10.8 Å². The smallest absolute Gasteiger partial charge is 0.416 e. The van der Waals surface area contributed by atoms with E-state index in [4.69, 9.17) is 6.42 Å². The minimum absolute atomic E-state index is 0.0115. The summed E-state index contributed by atoms with van der Waals surface area (Å²) in [5.41, 5.74) is 1.23. The number of fused-ring (bicyclic) bond motifs is 1. The van der Waals surface area contributed by atoms with Gasteiger partial charge in [0.15, 0.2) is 0 Å². The number of carboxylic acids is 1. The molecule has 1 saturated carbocycles. The average molecular weight is 508 g/mol. The quantitative estimate of drug-likeness (QED) is 0.366. The highest BCUT2D eigenvalue weighted by atomic mass is 19.4. The van der Waals surface area contributed by atoms with Crippen LogP contribution in [0.2, 0.25) is 0 Å². The normalized spacial score (nSPS) is 18.2. The van der Waals surface area contributed by atoms with Crippen LogP contribution in [0.1, 0.15) is 58.8 Å². The van der Waals surface area contributed by atoms with Gasteiger partial charge in [-0.2, -0.15) is 13.2 Å². The van der Waals surface area contributed by atoms with Gasteiger partial charge in [0.2, 0.25) is 0 Å². The third-order valence-corrected chi connectivity index (χ3v) is 7.15. The number of hydrogen-bond donors (Lipinski definition) is 2. The highest BCUT2D eigenvalue weighted by Gasteiger charge is 2.42. The van der Waals surface area contributed by atoms with Crippen LogP contribution >= 0.6 is 0 Å². The third kappa shape index (κ3) is 5.48. The van der Waals surface area contributed by atoms with Crippen LogP contribution in [-0.4, -0.2) is 23.0 Å². The number of amides is 1. The Morgan fingerprint density at radius 2 is 1.76 bits per heavy atom. The molecule has 7 heteroatoms. The zero-order valence-electron chi connectivity index (χ0n) is 20.8. The second kappa shape index (κ2) is 9.59. The fourth-order valence-corrected chi connectivity index (χ4v) is 4.86. The number of benzene rings is 3. The largest absolute Gasteiger partial charge is 0.480 e. The summed E-state index contributed by atoms with van der Waals surface area (Å²) in [5.74, 6) is 0.864. The number of rotatable bonds is 7.